The maximum absolute atomic E-state index is 6.11. The summed E-state index contributed by atoms with van der Waals surface area (Å²) in [5.74, 6) is 3.08. The molecule has 0 amide bonds. The van der Waals surface area contributed by atoms with Crippen LogP contribution in [0.2, 0.25) is 5.02 Å². The number of aromatic nitrogens is 2. The first-order valence-corrected chi connectivity index (χ1v) is 11.0. The Hall–Kier alpha value is -2.98. The molecule has 5 heteroatoms. The number of benzene rings is 3. The second-order valence-electron chi connectivity index (χ2n) is 7.81. The number of hydrogen-bond donors (Lipinski definition) is 0. The third-order valence-corrected chi connectivity index (χ3v) is 5.49. The molecule has 0 radical (unpaired) electrons. The SMILES string of the molecule is CC(C)c1ccccc1OCCCn1c(COc2ccc(Cl)cc2)nc2ccccc21. The summed E-state index contributed by atoms with van der Waals surface area (Å²) >= 11 is 5.97. The summed E-state index contributed by atoms with van der Waals surface area (Å²) < 4.78 is 14.3. The van der Waals surface area contributed by atoms with Crippen molar-refractivity contribution in [3.63, 3.8) is 0 Å². The molecule has 0 fully saturated rings. The van der Waals surface area contributed by atoms with Crippen molar-refractivity contribution in [1.82, 2.24) is 9.55 Å². The van der Waals surface area contributed by atoms with E-state index in [0.717, 1.165) is 41.3 Å². The summed E-state index contributed by atoms with van der Waals surface area (Å²) in [7, 11) is 0. The first-order chi connectivity index (χ1) is 15.1. The lowest BCUT2D eigenvalue weighted by Gasteiger charge is -2.15. The third kappa shape index (κ3) is 5.20. The molecular formula is C26H27ClN2O2. The van der Waals surface area contributed by atoms with Gasteiger partial charge in [-0.05, 0) is 60.4 Å². The molecule has 4 rings (SSSR count). The lowest BCUT2D eigenvalue weighted by molar-refractivity contribution is 0.279. The number of ether oxygens (including phenoxy) is 2. The van der Waals surface area contributed by atoms with Crippen molar-refractivity contribution in [1.29, 1.82) is 0 Å². The first-order valence-electron chi connectivity index (χ1n) is 10.7. The van der Waals surface area contributed by atoms with Gasteiger partial charge in [0.2, 0.25) is 0 Å². The minimum atomic E-state index is 0.396. The van der Waals surface area contributed by atoms with Gasteiger partial charge in [-0.3, -0.25) is 0 Å². The van der Waals surface area contributed by atoms with E-state index in [1.807, 2.05) is 54.6 Å². The quantitative estimate of drug-likeness (QED) is 0.270. The zero-order chi connectivity index (χ0) is 21.6. The van der Waals surface area contributed by atoms with Gasteiger partial charge in [0.1, 0.15) is 23.9 Å². The van der Waals surface area contributed by atoms with Crippen molar-refractivity contribution in [3.05, 3.63) is 89.2 Å². The van der Waals surface area contributed by atoms with E-state index in [1.54, 1.807) is 0 Å². The van der Waals surface area contributed by atoms with Crippen LogP contribution in [0.15, 0.2) is 72.8 Å². The monoisotopic (exact) mass is 434 g/mol. The van der Waals surface area contributed by atoms with E-state index in [9.17, 15) is 0 Å². The Balaban J connectivity index is 1.44. The van der Waals surface area contributed by atoms with Crippen LogP contribution in [0.4, 0.5) is 0 Å². The van der Waals surface area contributed by atoms with Gasteiger partial charge in [0.05, 0.1) is 17.6 Å². The second-order valence-corrected chi connectivity index (χ2v) is 8.24. The zero-order valence-electron chi connectivity index (χ0n) is 17.9. The van der Waals surface area contributed by atoms with Crippen LogP contribution in [0.1, 0.15) is 37.6 Å². The lowest BCUT2D eigenvalue weighted by atomic mass is 10.0. The molecule has 0 aliphatic carbocycles. The number of hydrogen-bond acceptors (Lipinski definition) is 3. The summed E-state index contributed by atoms with van der Waals surface area (Å²) in [6, 6.07) is 23.8. The van der Waals surface area contributed by atoms with Gasteiger partial charge in [0, 0.05) is 11.6 Å². The number of imidazole rings is 1. The molecule has 4 nitrogen and oxygen atoms in total. The van der Waals surface area contributed by atoms with Crippen LogP contribution in [-0.2, 0) is 13.2 Å². The molecule has 1 aromatic heterocycles. The highest BCUT2D eigenvalue weighted by molar-refractivity contribution is 6.30. The van der Waals surface area contributed by atoms with E-state index in [2.05, 4.69) is 36.6 Å². The number of nitrogens with zero attached hydrogens (tertiary/aromatic N) is 2. The van der Waals surface area contributed by atoms with Gasteiger partial charge in [-0.15, -0.1) is 0 Å². The van der Waals surface area contributed by atoms with Crippen molar-refractivity contribution < 1.29 is 9.47 Å². The van der Waals surface area contributed by atoms with Crippen LogP contribution in [0.3, 0.4) is 0 Å². The fourth-order valence-corrected chi connectivity index (χ4v) is 3.78. The minimum absolute atomic E-state index is 0.396. The average Bonchev–Trinajstić information content (AvgIpc) is 3.14. The number of para-hydroxylation sites is 3. The van der Waals surface area contributed by atoms with E-state index >= 15 is 0 Å². The molecule has 160 valence electrons. The van der Waals surface area contributed by atoms with Gasteiger partial charge in [-0.1, -0.05) is 55.8 Å². The average molecular weight is 435 g/mol. The van der Waals surface area contributed by atoms with Gasteiger partial charge in [-0.2, -0.15) is 0 Å². The van der Waals surface area contributed by atoms with Gasteiger partial charge in [0.25, 0.3) is 0 Å². The molecule has 0 spiro atoms. The van der Waals surface area contributed by atoms with E-state index in [1.165, 1.54) is 5.56 Å². The van der Waals surface area contributed by atoms with Crippen molar-refractivity contribution in [2.45, 2.75) is 39.3 Å². The van der Waals surface area contributed by atoms with Crippen LogP contribution in [0.25, 0.3) is 11.0 Å². The number of halogens is 1. The number of rotatable bonds is 9. The number of fused-ring (bicyclic) bond motifs is 1. The predicted molar refractivity (Wildman–Crippen MR) is 126 cm³/mol. The normalized spacial score (nSPS) is 11.2. The Bertz CT molecular complexity index is 1140. The largest absolute Gasteiger partial charge is 0.493 e. The summed E-state index contributed by atoms with van der Waals surface area (Å²) in [5.41, 5.74) is 3.33. The van der Waals surface area contributed by atoms with Gasteiger partial charge in [0.15, 0.2) is 0 Å². The zero-order valence-corrected chi connectivity index (χ0v) is 18.7. The Morgan fingerprint density at radius 3 is 2.45 bits per heavy atom. The summed E-state index contributed by atoms with van der Waals surface area (Å²) in [5, 5.41) is 0.693. The molecule has 0 aliphatic heterocycles. The van der Waals surface area contributed by atoms with Crippen LogP contribution >= 0.6 is 11.6 Å². The molecule has 0 unspecified atom stereocenters. The molecule has 0 atom stereocenters. The second kappa shape index (κ2) is 9.88. The molecule has 0 N–H and O–H groups in total. The lowest BCUT2D eigenvalue weighted by Crippen LogP contribution is -2.10. The van der Waals surface area contributed by atoms with Crippen LogP contribution < -0.4 is 9.47 Å². The smallest absolute Gasteiger partial charge is 0.147 e. The van der Waals surface area contributed by atoms with Gasteiger partial charge < -0.3 is 14.0 Å². The molecule has 3 aromatic carbocycles. The molecule has 4 aromatic rings. The maximum Gasteiger partial charge on any atom is 0.147 e. The first kappa shape index (κ1) is 21.3. The fourth-order valence-electron chi connectivity index (χ4n) is 3.66. The Morgan fingerprint density at radius 2 is 1.65 bits per heavy atom. The van der Waals surface area contributed by atoms with Crippen molar-refractivity contribution in [2.75, 3.05) is 6.61 Å². The molecule has 31 heavy (non-hydrogen) atoms. The highest BCUT2D eigenvalue weighted by Gasteiger charge is 2.12. The van der Waals surface area contributed by atoms with Crippen LogP contribution in [-0.4, -0.2) is 16.2 Å². The standard InChI is InChI=1S/C26H27ClN2O2/c1-19(2)22-8-3-6-11-25(22)30-17-7-16-29-24-10-5-4-9-23(24)28-26(29)18-31-21-14-12-20(27)13-15-21/h3-6,8-15,19H,7,16-18H2,1-2H3. The summed E-state index contributed by atoms with van der Waals surface area (Å²) in [6.45, 7) is 6.23. The van der Waals surface area contributed by atoms with E-state index in [4.69, 9.17) is 26.1 Å². The maximum atomic E-state index is 6.11. The van der Waals surface area contributed by atoms with E-state index in [-0.39, 0.29) is 0 Å². The van der Waals surface area contributed by atoms with Gasteiger partial charge in [-0.25, -0.2) is 4.98 Å². The molecule has 0 aliphatic rings. The fraction of sp³-hybridized carbons (Fsp3) is 0.269. The summed E-state index contributed by atoms with van der Waals surface area (Å²) in [4.78, 5) is 4.79. The third-order valence-electron chi connectivity index (χ3n) is 5.24. The summed E-state index contributed by atoms with van der Waals surface area (Å²) in [6.07, 6.45) is 0.876. The van der Waals surface area contributed by atoms with Crippen LogP contribution in [0.5, 0.6) is 11.5 Å². The van der Waals surface area contributed by atoms with Crippen molar-refractivity contribution in [2.24, 2.45) is 0 Å². The predicted octanol–water partition coefficient (Wildman–Crippen LogP) is 6.86. The van der Waals surface area contributed by atoms with E-state index in [0.29, 0.717) is 24.2 Å². The Labute approximate surface area is 188 Å². The Morgan fingerprint density at radius 1 is 0.903 bits per heavy atom. The molecular weight excluding hydrogens is 408 g/mol. The van der Waals surface area contributed by atoms with Gasteiger partial charge >= 0.3 is 0 Å². The molecule has 0 bridgehead atoms. The molecule has 0 saturated heterocycles. The van der Waals surface area contributed by atoms with Crippen molar-refractivity contribution in [3.8, 4) is 11.5 Å². The Kier molecular flexibility index (Phi) is 6.78. The minimum Gasteiger partial charge on any atom is -0.493 e. The number of aryl methyl sites for hydroxylation is 1. The highest BCUT2D eigenvalue weighted by Crippen LogP contribution is 2.26. The molecule has 1 heterocycles. The topological polar surface area (TPSA) is 36.3 Å². The van der Waals surface area contributed by atoms with Crippen LogP contribution in [0, 0.1) is 0 Å². The highest BCUT2D eigenvalue weighted by atomic mass is 35.5. The molecule has 0 saturated carbocycles. The van der Waals surface area contributed by atoms with E-state index < -0.39 is 0 Å². The van der Waals surface area contributed by atoms with Crippen molar-refractivity contribution >= 4 is 22.6 Å².